The number of fused-ring (bicyclic) bond motifs is 1. The van der Waals surface area contributed by atoms with Crippen molar-refractivity contribution in [2.45, 2.75) is 76.4 Å². The number of rotatable bonds is 4. The molecule has 148 valence electrons. The summed E-state index contributed by atoms with van der Waals surface area (Å²) in [5.74, 6) is -0.812. The zero-order valence-corrected chi connectivity index (χ0v) is 16.3. The lowest BCUT2D eigenvalue weighted by molar-refractivity contribution is 0.0165. The van der Waals surface area contributed by atoms with Gasteiger partial charge in [-0.15, -0.1) is 0 Å². The van der Waals surface area contributed by atoms with Crippen molar-refractivity contribution in [3.63, 3.8) is 0 Å². The number of benzene rings is 2. The molecular formula is C24H28O4. The average molecular weight is 380 g/mol. The molecule has 4 nitrogen and oxygen atoms in total. The first-order valence-corrected chi connectivity index (χ1v) is 10.7. The number of carbonyl (C=O) groups is 2. The molecule has 2 aliphatic rings. The lowest BCUT2D eigenvalue weighted by Crippen LogP contribution is -2.25. The molecular weight excluding hydrogens is 352 g/mol. The van der Waals surface area contributed by atoms with Crippen molar-refractivity contribution in [2.24, 2.45) is 0 Å². The number of carbonyl (C=O) groups excluding carboxylic acids is 2. The molecule has 0 bridgehead atoms. The van der Waals surface area contributed by atoms with Gasteiger partial charge in [0.05, 0.1) is 11.1 Å². The summed E-state index contributed by atoms with van der Waals surface area (Å²) >= 11 is 0. The molecule has 0 heterocycles. The van der Waals surface area contributed by atoms with Gasteiger partial charge in [-0.25, -0.2) is 9.59 Å². The predicted octanol–water partition coefficient (Wildman–Crippen LogP) is 5.82. The zero-order chi connectivity index (χ0) is 19.3. The smallest absolute Gasteiger partial charge is 0.339 e. The fraction of sp³-hybridized carbons (Fsp3) is 0.500. The maximum absolute atomic E-state index is 13.1. The van der Waals surface area contributed by atoms with Crippen LogP contribution in [0.5, 0.6) is 0 Å². The molecule has 0 aliphatic heterocycles. The Bertz CT molecular complexity index is 845. The minimum Gasteiger partial charge on any atom is -0.459 e. The Balaban J connectivity index is 1.64. The zero-order valence-electron chi connectivity index (χ0n) is 16.3. The van der Waals surface area contributed by atoms with E-state index in [1.807, 2.05) is 30.3 Å². The van der Waals surface area contributed by atoms with Crippen molar-refractivity contribution in [1.82, 2.24) is 0 Å². The second-order valence-corrected chi connectivity index (χ2v) is 8.04. The molecule has 2 fully saturated rings. The number of ether oxygens (including phenoxy) is 2. The van der Waals surface area contributed by atoms with Gasteiger partial charge >= 0.3 is 11.9 Å². The highest BCUT2D eigenvalue weighted by Crippen LogP contribution is 2.28. The summed E-state index contributed by atoms with van der Waals surface area (Å²) in [6, 6.07) is 11.2. The summed E-state index contributed by atoms with van der Waals surface area (Å²) in [6.45, 7) is 0. The minimum atomic E-state index is -0.409. The van der Waals surface area contributed by atoms with E-state index in [1.165, 1.54) is 12.8 Å². The van der Waals surface area contributed by atoms with Crippen LogP contribution in [0.25, 0.3) is 10.8 Å². The van der Waals surface area contributed by atoms with E-state index in [2.05, 4.69) is 0 Å². The molecule has 4 rings (SSSR count). The van der Waals surface area contributed by atoms with E-state index in [0.717, 1.165) is 62.1 Å². The Morgan fingerprint density at radius 3 is 1.89 bits per heavy atom. The third kappa shape index (κ3) is 4.21. The molecule has 0 spiro atoms. The molecule has 0 radical (unpaired) electrons. The first-order valence-electron chi connectivity index (χ1n) is 10.7. The highest BCUT2D eigenvalue weighted by Gasteiger charge is 2.27. The molecule has 2 aliphatic carbocycles. The Morgan fingerprint density at radius 2 is 1.25 bits per heavy atom. The van der Waals surface area contributed by atoms with Gasteiger partial charge in [0.15, 0.2) is 0 Å². The lowest BCUT2D eigenvalue weighted by atomic mass is 9.96. The molecule has 2 saturated carbocycles. The fourth-order valence-corrected chi connectivity index (χ4v) is 4.45. The fourth-order valence-electron chi connectivity index (χ4n) is 4.45. The first-order chi connectivity index (χ1) is 13.7. The quantitative estimate of drug-likeness (QED) is 0.627. The molecule has 4 heteroatoms. The van der Waals surface area contributed by atoms with Gasteiger partial charge in [0, 0.05) is 0 Å². The molecule has 2 aromatic carbocycles. The van der Waals surface area contributed by atoms with E-state index in [0.29, 0.717) is 11.1 Å². The van der Waals surface area contributed by atoms with Crippen LogP contribution < -0.4 is 0 Å². The number of esters is 2. The maximum atomic E-state index is 13.1. The van der Waals surface area contributed by atoms with Crippen LogP contribution in [0, 0.1) is 0 Å². The van der Waals surface area contributed by atoms with E-state index in [1.54, 1.807) is 6.07 Å². The third-order valence-corrected chi connectivity index (χ3v) is 6.00. The Labute approximate surface area is 166 Å². The van der Waals surface area contributed by atoms with Crippen LogP contribution in [0.3, 0.4) is 0 Å². The summed E-state index contributed by atoms with van der Waals surface area (Å²) in [5, 5.41) is 1.67. The topological polar surface area (TPSA) is 52.6 Å². The summed E-state index contributed by atoms with van der Waals surface area (Å²) in [5.41, 5.74) is 0.676. The molecule has 0 aromatic heterocycles. The van der Waals surface area contributed by atoms with Crippen LogP contribution in [-0.4, -0.2) is 24.1 Å². The monoisotopic (exact) mass is 380 g/mol. The normalized spacial score (nSPS) is 18.7. The minimum absolute atomic E-state index is 0.0464. The Hall–Kier alpha value is -2.36. The highest BCUT2D eigenvalue weighted by molar-refractivity contribution is 6.12. The third-order valence-electron chi connectivity index (χ3n) is 6.00. The molecule has 28 heavy (non-hydrogen) atoms. The van der Waals surface area contributed by atoms with Crippen LogP contribution in [0.1, 0.15) is 84.9 Å². The van der Waals surface area contributed by atoms with E-state index < -0.39 is 11.9 Å². The van der Waals surface area contributed by atoms with Crippen LogP contribution >= 0.6 is 0 Å². The van der Waals surface area contributed by atoms with Crippen molar-refractivity contribution in [3.05, 3.63) is 47.5 Å². The van der Waals surface area contributed by atoms with Crippen molar-refractivity contribution in [3.8, 4) is 0 Å². The summed E-state index contributed by atoms with van der Waals surface area (Å²) in [7, 11) is 0. The van der Waals surface area contributed by atoms with Gasteiger partial charge in [-0.1, -0.05) is 43.2 Å². The molecule has 2 aromatic rings. The van der Waals surface area contributed by atoms with Crippen molar-refractivity contribution < 1.29 is 19.1 Å². The van der Waals surface area contributed by atoms with Crippen LogP contribution in [0.2, 0.25) is 0 Å². The van der Waals surface area contributed by atoms with Crippen molar-refractivity contribution in [2.75, 3.05) is 0 Å². The lowest BCUT2D eigenvalue weighted by Gasteiger charge is -2.24. The Kier molecular flexibility index (Phi) is 5.94. The second-order valence-electron chi connectivity index (χ2n) is 8.04. The molecule has 0 unspecified atom stereocenters. The van der Waals surface area contributed by atoms with Crippen molar-refractivity contribution >= 4 is 22.7 Å². The highest BCUT2D eigenvalue weighted by atomic mass is 16.5. The number of hydrogen-bond acceptors (Lipinski definition) is 4. The van der Waals surface area contributed by atoms with Gasteiger partial charge in [0.1, 0.15) is 12.2 Å². The SMILES string of the molecule is O=C(OC1CCCCC1)c1ccc2ccccc2c1C(=O)OC1CCCCC1. The standard InChI is InChI=1S/C24H28O4/c25-23(27-18-10-3-1-4-11-18)21-16-15-17-9-7-8-14-20(17)22(21)24(26)28-19-12-5-2-6-13-19/h7-9,14-16,18-19H,1-6,10-13H2. The van der Waals surface area contributed by atoms with Gasteiger partial charge in [-0.3, -0.25) is 0 Å². The van der Waals surface area contributed by atoms with Gasteiger partial charge in [0.25, 0.3) is 0 Å². The van der Waals surface area contributed by atoms with E-state index in [-0.39, 0.29) is 12.2 Å². The molecule has 0 N–H and O–H groups in total. The second kappa shape index (κ2) is 8.76. The van der Waals surface area contributed by atoms with Crippen molar-refractivity contribution in [1.29, 1.82) is 0 Å². The van der Waals surface area contributed by atoms with Gasteiger partial charge in [0.2, 0.25) is 0 Å². The number of hydrogen-bond donors (Lipinski definition) is 0. The van der Waals surface area contributed by atoms with Crippen LogP contribution in [0.4, 0.5) is 0 Å². The van der Waals surface area contributed by atoms with E-state index in [9.17, 15) is 9.59 Å². The van der Waals surface area contributed by atoms with Gasteiger partial charge < -0.3 is 9.47 Å². The first kappa shape index (κ1) is 19.0. The van der Waals surface area contributed by atoms with Crippen LogP contribution in [-0.2, 0) is 9.47 Å². The summed E-state index contributed by atoms with van der Waals surface area (Å²) < 4.78 is 11.6. The largest absolute Gasteiger partial charge is 0.459 e. The van der Waals surface area contributed by atoms with Gasteiger partial charge in [-0.05, 0) is 68.2 Å². The predicted molar refractivity (Wildman–Crippen MR) is 109 cm³/mol. The van der Waals surface area contributed by atoms with E-state index in [4.69, 9.17) is 9.47 Å². The average Bonchev–Trinajstić information content (AvgIpc) is 2.74. The van der Waals surface area contributed by atoms with Gasteiger partial charge in [-0.2, -0.15) is 0 Å². The Morgan fingerprint density at radius 1 is 0.679 bits per heavy atom. The maximum Gasteiger partial charge on any atom is 0.339 e. The molecule has 0 amide bonds. The molecule has 0 atom stereocenters. The summed E-state index contributed by atoms with van der Waals surface area (Å²) in [6.07, 6.45) is 10.3. The molecule has 0 saturated heterocycles. The van der Waals surface area contributed by atoms with E-state index >= 15 is 0 Å². The summed E-state index contributed by atoms with van der Waals surface area (Å²) in [4.78, 5) is 26.1. The van der Waals surface area contributed by atoms with Crippen LogP contribution in [0.15, 0.2) is 36.4 Å².